The molecule has 2 nitrogen and oxygen atoms in total. The largest absolute Gasteiger partial charge is 0.369 e. The van der Waals surface area contributed by atoms with Gasteiger partial charge in [0.15, 0.2) is 0 Å². The summed E-state index contributed by atoms with van der Waals surface area (Å²) in [7, 11) is 0. The van der Waals surface area contributed by atoms with E-state index in [-0.39, 0.29) is 0 Å². The number of nitrogens with zero attached hydrogens (tertiary/aromatic N) is 1. The van der Waals surface area contributed by atoms with Crippen LogP contribution in [0.1, 0.15) is 65.0 Å². The molecule has 0 radical (unpaired) electrons. The molecule has 0 bridgehead atoms. The summed E-state index contributed by atoms with van der Waals surface area (Å²) >= 11 is 0. The van der Waals surface area contributed by atoms with Gasteiger partial charge in [0.1, 0.15) is 0 Å². The second kappa shape index (κ2) is 7.84. The molecule has 1 fully saturated rings. The Kier molecular flexibility index (Phi) is 6.10. The van der Waals surface area contributed by atoms with Crippen molar-refractivity contribution in [3.63, 3.8) is 0 Å². The quantitative estimate of drug-likeness (QED) is 0.811. The molecule has 1 aromatic carbocycles. The minimum Gasteiger partial charge on any atom is -0.369 e. The Morgan fingerprint density at radius 1 is 1.19 bits per heavy atom. The van der Waals surface area contributed by atoms with Gasteiger partial charge < -0.3 is 10.2 Å². The van der Waals surface area contributed by atoms with E-state index in [9.17, 15) is 0 Å². The Morgan fingerprint density at radius 2 is 1.90 bits per heavy atom. The first-order chi connectivity index (χ1) is 10.2. The van der Waals surface area contributed by atoms with Crippen LogP contribution in [0.15, 0.2) is 24.3 Å². The normalized spacial score (nSPS) is 24.1. The lowest BCUT2D eigenvalue weighted by Crippen LogP contribution is -2.40. The van der Waals surface area contributed by atoms with E-state index >= 15 is 0 Å². The predicted octanol–water partition coefficient (Wildman–Crippen LogP) is 4.76. The maximum absolute atomic E-state index is 3.64. The fourth-order valence-electron chi connectivity index (χ4n) is 3.51. The highest BCUT2D eigenvalue weighted by atomic mass is 15.2. The van der Waals surface area contributed by atoms with Crippen molar-refractivity contribution in [2.24, 2.45) is 5.92 Å². The molecular formula is C19H32N2. The third-order valence-electron chi connectivity index (χ3n) is 4.81. The van der Waals surface area contributed by atoms with Crippen LogP contribution in [-0.2, 0) is 0 Å². The van der Waals surface area contributed by atoms with Crippen LogP contribution in [0.2, 0.25) is 0 Å². The first-order valence-corrected chi connectivity index (χ1v) is 8.75. The van der Waals surface area contributed by atoms with E-state index < -0.39 is 0 Å². The zero-order chi connectivity index (χ0) is 15.2. The van der Waals surface area contributed by atoms with Crippen molar-refractivity contribution in [2.75, 3.05) is 18.0 Å². The molecule has 0 aliphatic carbocycles. The SMILES string of the molecule is CCCNC(CC)c1ccc(N2CCC(C)CC2C)cc1. The third kappa shape index (κ3) is 4.23. The lowest BCUT2D eigenvalue weighted by molar-refractivity contribution is 0.378. The topological polar surface area (TPSA) is 15.3 Å². The molecule has 0 saturated carbocycles. The van der Waals surface area contributed by atoms with E-state index in [2.05, 4.69) is 62.2 Å². The lowest BCUT2D eigenvalue weighted by Gasteiger charge is -2.38. The van der Waals surface area contributed by atoms with Crippen LogP contribution in [0.3, 0.4) is 0 Å². The van der Waals surface area contributed by atoms with Crippen LogP contribution in [0.4, 0.5) is 5.69 Å². The van der Waals surface area contributed by atoms with Crippen molar-refractivity contribution in [1.82, 2.24) is 5.32 Å². The van der Waals surface area contributed by atoms with Crippen molar-refractivity contribution in [3.8, 4) is 0 Å². The van der Waals surface area contributed by atoms with Crippen molar-refractivity contribution >= 4 is 5.69 Å². The van der Waals surface area contributed by atoms with Crippen LogP contribution < -0.4 is 10.2 Å². The maximum Gasteiger partial charge on any atom is 0.0368 e. The predicted molar refractivity (Wildman–Crippen MR) is 93.0 cm³/mol. The van der Waals surface area contributed by atoms with Gasteiger partial charge in [-0.25, -0.2) is 0 Å². The maximum atomic E-state index is 3.64. The first-order valence-electron chi connectivity index (χ1n) is 8.75. The lowest BCUT2D eigenvalue weighted by atomic mass is 9.92. The van der Waals surface area contributed by atoms with Gasteiger partial charge in [-0.15, -0.1) is 0 Å². The molecule has 0 spiro atoms. The molecule has 1 saturated heterocycles. The summed E-state index contributed by atoms with van der Waals surface area (Å²) in [6, 6.07) is 10.4. The highest BCUT2D eigenvalue weighted by Crippen LogP contribution is 2.29. The van der Waals surface area contributed by atoms with Gasteiger partial charge in [-0.05, 0) is 62.8 Å². The number of nitrogens with one attached hydrogen (secondary N) is 1. The summed E-state index contributed by atoms with van der Waals surface area (Å²) in [4.78, 5) is 2.57. The molecule has 3 atom stereocenters. The molecule has 1 N–H and O–H groups in total. The van der Waals surface area contributed by atoms with Crippen LogP contribution >= 0.6 is 0 Å². The molecule has 0 amide bonds. The summed E-state index contributed by atoms with van der Waals surface area (Å²) in [5.41, 5.74) is 2.82. The van der Waals surface area contributed by atoms with Crippen LogP contribution in [0, 0.1) is 5.92 Å². The average molecular weight is 288 g/mol. The Bertz CT molecular complexity index is 412. The first kappa shape index (κ1) is 16.4. The summed E-state index contributed by atoms with van der Waals surface area (Å²) in [5, 5.41) is 3.64. The number of hydrogen-bond donors (Lipinski definition) is 1. The van der Waals surface area contributed by atoms with E-state index in [1.165, 1.54) is 37.1 Å². The Labute approximate surface area is 130 Å². The number of piperidine rings is 1. The minimum absolute atomic E-state index is 0.498. The van der Waals surface area contributed by atoms with Gasteiger partial charge in [0.25, 0.3) is 0 Å². The highest BCUT2D eigenvalue weighted by Gasteiger charge is 2.23. The number of hydrogen-bond acceptors (Lipinski definition) is 2. The molecule has 21 heavy (non-hydrogen) atoms. The third-order valence-corrected chi connectivity index (χ3v) is 4.81. The van der Waals surface area contributed by atoms with Gasteiger partial charge in [-0.2, -0.15) is 0 Å². The Morgan fingerprint density at radius 3 is 2.48 bits per heavy atom. The van der Waals surface area contributed by atoms with Crippen molar-refractivity contribution in [1.29, 1.82) is 0 Å². The summed E-state index contributed by atoms with van der Waals surface area (Å²) in [6.07, 6.45) is 4.98. The molecular weight excluding hydrogens is 256 g/mol. The van der Waals surface area contributed by atoms with Gasteiger partial charge >= 0.3 is 0 Å². The summed E-state index contributed by atoms with van der Waals surface area (Å²) in [6.45, 7) is 11.5. The molecule has 1 heterocycles. The minimum atomic E-state index is 0.498. The fourth-order valence-corrected chi connectivity index (χ4v) is 3.51. The van der Waals surface area contributed by atoms with E-state index in [0.717, 1.165) is 18.9 Å². The smallest absolute Gasteiger partial charge is 0.0368 e. The molecule has 2 heteroatoms. The Balaban J connectivity index is 2.04. The van der Waals surface area contributed by atoms with Crippen LogP contribution in [-0.4, -0.2) is 19.1 Å². The van der Waals surface area contributed by atoms with E-state index in [1.807, 2.05) is 0 Å². The van der Waals surface area contributed by atoms with Gasteiger partial charge in [-0.1, -0.05) is 32.9 Å². The molecule has 1 aliphatic heterocycles. The standard InChI is InChI=1S/C19H32N2/c1-5-12-20-19(6-2)17-7-9-18(10-8-17)21-13-11-15(3)14-16(21)4/h7-10,15-16,19-20H,5-6,11-14H2,1-4H3. The molecule has 3 unspecified atom stereocenters. The average Bonchev–Trinajstić information content (AvgIpc) is 2.49. The second-order valence-corrected chi connectivity index (χ2v) is 6.68. The second-order valence-electron chi connectivity index (χ2n) is 6.68. The molecule has 1 aliphatic rings. The highest BCUT2D eigenvalue weighted by molar-refractivity contribution is 5.49. The van der Waals surface area contributed by atoms with Crippen LogP contribution in [0.25, 0.3) is 0 Å². The molecule has 118 valence electrons. The van der Waals surface area contributed by atoms with Gasteiger partial charge in [-0.3, -0.25) is 0 Å². The summed E-state index contributed by atoms with van der Waals surface area (Å²) in [5.74, 6) is 0.873. The van der Waals surface area contributed by atoms with Gasteiger partial charge in [0.2, 0.25) is 0 Å². The van der Waals surface area contributed by atoms with E-state index in [0.29, 0.717) is 12.1 Å². The van der Waals surface area contributed by atoms with Crippen LogP contribution in [0.5, 0.6) is 0 Å². The Hall–Kier alpha value is -1.02. The number of benzene rings is 1. The summed E-state index contributed by atoms with van der Waals surface area (Å²) < 4.78 is 0. The van der Waals surface area contributed by atoms with Crippen molar-refractivity contribution in [2.45, 2.75) is 65.5 Å². The van der Waals surface area contributed by atoms with Gasteiger partial charge in [0, 0.05) is 24.3 Å². The fraction of sp³-hybridized carbons (Fsp3) is 0.684. The zero-order valence-electron chi connectivity index (χ0n) is 14.2. The molecule has 1 aromatic rings. The van der Waals surface area contributed by atoms with Crippen molar-refractivity contribution < 1.29 is 0 Å². The van der Waals surface area contributed by atoms with Crippen molar-refractivity contribution in [3.05, 3.63) is 29.8 Å². The molecule has 2 rings (SSSR count). The van der Waals surface area contributed by atoms with E-state index in [4.69, 9.17) is 0 Å². The number of anilines is 1. The zero-order valence-corrected chi connectivity index (χ0v) is 14.2. The van der Waals surface area contributed by atoms with E-state index in [1.54, 1.807) is 0 Å². The monoisotopic (exact) mass is 288 g/mol. The number of rotatable bonds is 6. The van der Waals surface area contributed by atoms with Gasteiger partial charge in [0.05, 0.1) is 0 Å². The molecule has 0 aromatic heterocycles.